The summed E-state index contributed by atoms with van der Waals surface area (Å²) >= 11 is 0. The summed E-state index contributed by atoms with van der Waals surface area (Å²) in [6.07, 6.45) is 4.22. The summed E-state index contributed by atoms with van der Waals surface area (Å²) in [4.78, 5) is 0. The summed E-state index contributed by atoms with van der Waals surface area (Å²) in [5.74, 6) is 8.44. The fraction of sp³-hybridized carbons (Fsp3) is 0.280. The van der Waals surface area contributed by atoms with Gasteiger partial charge in [0.2, 0.25) is 25.1 Å². The minimum absolute atomic E-state index is 0.0844. The number of ether oxygens (including phenoxy) is 12. The Bertz CT molecular complexity index is 2360. The highest BCUT2D eigenvalue weighted by atomic mass is 16.7. The average Bonchev–Trinajstić information content (AvgIpc) is 4.00. The quantitative estimate of drug-likeness (QED) is 0.0774. The number of hydrogen-bond donors (Lipinski definition) is 0. The molecule has 62 heavy (non-hydrogen) atoms. The standard InChI is InChI=1S/C50H50O12/c1-51-37-11-7-9-31(19-37)15-17-35-25-43(41(55-5)27-39(35)53-3)61-47-23-33(21-45-49(47)59-29-57-45)13-14-34-22-46-50(60-30-58-46)48(24-34)62-44-26-36(40(54-4)28-42(44)56-6)18-16-32-10-8-12-38(20-32)52-2/h7-12,19-28H,13-18,29-30H2,1-6H3. The Balaban J connectivity index is 1.03. The van der Waals surface area contributed by atoms with Gasteiger partial charge in [-0.15, -0.1) is 0 Å². The van der Waals surface area contributed by atoms with E-state index < -0.39 is 0 Å². The molecule has 0 saturated heterocycles. The summed E-state index contributed by atoms with van der Waals surface area (Å²) in [5, 5.41) is 0. The van der Waals surface area contributed by atoms with Crippen molar-refractivity contribution in [3.8, 4) is 80.5 Å². The van der Waals surface area contributed by atoms with Crippen molar-refractivity contribution in [2.45, 2.75) is 38.5 Å². The summed E-state index contributed by atoms with van der Waals surface area (Å²) in [5.41, 5.74) is 6.18. The molecule has 322 valence electrons. The minimum atomic E-state index is 0.0844. The van der Waals surface area contributed by atoms with E-state index in [0.29, 0.717) is 94.7 Å². The van der Waals surface area contributed by atoms with Crippen molar-refractivity contribution in [1.29, 1.82) is 0 Å². The Hall–Kier alpha value is -7.08. The third-order valence-electron chi connectivity index (χ3n) is 10.9. The molecule has 0 aromatic heterocycles. The van der Waals surface area contributed by atoms with Crippen LogP contribution in [-0.2, 0) is 38.5 Å². The second-order valence-electron chi connectivity index (χ2n) is 14.7. The first kappa shape index (κ1) is 41.6. The van der Waals surface area contributed by atoms with Crippen molar-refractivity contribution in [3.63, 3.8) is 0 Å². The molecule has 0 bridgehead atoms. The highest BCUT2D eigenvalue weighted by Gasteiger charge is 2.26. The zero-order valence-electron chi connectivity index (χ0n) is 35.8. The Kier molecular flexibility index (Phi) is 12.8. The molecular formula is C50H50O12. The molecule has 2 heterocycles. The maximum absolute atomic E-state index is 6.62. The third kappa shape index (κ3) is 9.29. The molecule has 12 nitrogen and oxygen atoms in total. The number of fused-ring (bicyclic) bond motifs is 2. The maximum atomic E-state index is 6.62. The van der Waals surface area contributed by atoms with Crippen LogP contribution in [0.3, 0.4) is 0 Å². The predicted molar refractivity (Wildman–Crippen MR) is 233 cm³/mol. The fourth-order valence-electron chi connectivity index (χ4n) is 7.66. The van der Waals surface area contributed by atoms with Crippen LogP contribution in [0.15, 0.2) is 97.1 Å². The Morgan fingerprint density at radius 2 is 0.774 bits per heavy atom. The lowest BCUT2D eigenvalue weighted by Gasteiger charge is -2.17. The molecule has 0 saturated carbocycles. The van der Waals surface area contributed by atoms with Crippen molar-refractivity contribution in [2.24, 2.45) is 0 Å². The van der Waals surface area contributed by atoms with E-state index in [9.17, 15) is 0 Å². The topological polar surface area (TPSA) is 111 Å². The van der Waals surface area contributed by atoms with E-state index in [1.54, 1.807) is 42.7 Å². The number of benzene rings is 6. The van der Waals surface area contributed by atoms with Gasteiger partial charge in [-0.2, -0.15) is 0 Å². The van der Waals surface area contributed by atoms with Gasteiger partial charge in [0.05, 0.1) is 42.7 Å². The van der Waals surface area contributed by atoms with Gasteiger partial charge in [-0.05, 0) is 133 Å². The summed E-state index contributed by atoms with van der Waals surface area (Å²) < 4.78 is 70.8. The van der Waals surface area contributed by atoms with Crippen molar-refractivity contribution < 1.29 is 56.8 Å². The van der Waals surface area contributed by atoms with Crippen LogP contribution in [0.2, 0.25) is 0 Å². The van der Waals surface area contributed by atoms with Crippen LogP contribution in [0, 0.1) is 0 Å². The lowest BCUT2D eigenvalue weighted by molar-refractivity contribution is 0.171. The van der Waals surface area contributed by atoms with Crippen LogP contribution >= 0.6 is 0 Å². The number of hydrogen-bond acceptors (Lipinski definition) is 12. The summed E-state index contributed by atoms with van der Waals surface area (Å²) in [6, 6.07) is 31.6. The molecular weight excluding hydrogens is 793 g/mol. The van der Waals surface area contributed by atoms with Gasteiger partial charge in [-0.1, -0.05) is 24.3 Å². The molecule has 0 N–H and O–H groups in total. The molecule has 6 aromatic rings. The second-order valence-corrected chi connectivity index (χ2v) is 14.7. The third-order valence-corrected chi connectivity index (χ3v) is 10.9. The van der Waals surface area contributed by atoms with Crippen LogP contribution in [-0.4, -0.2) is 56.2 Å². The van der Waals surface area contributed by atoms with E-state index in [4.69, 9.17) is 56.8 Å². The number of rotatable bonds is 19. The number of aryl methyl sites for hydroxylation is 6. The first-order valence-corrected chi connectivity index (χ1v) is 20.3. The average molecular weight is 843 g/mol. The van der Waals surface area contributed by atoms with E-state index in [-0.39, 0.29) is 13.6 Å². The molecule has 2 aliphatic rings. The molecule has 0 fully saturated rings. The predicted octanol–water partition coefficient (Wildman–Crippen LogP) is 10.1. The molecule has 2 aliphatic heterocycles. The molecule has 0 atom stereocenters. The molecule has 0 radical (unpaired) electrons. The number of methoxy groups -OCH3 is 6. The summed E-state index contributed by atoms with van der Waals surface area (Å²) in [6.45, 7) is 0.169. The Morgan fingerprint density at radius 3 is 1.18 bits per heavy atom. The van der Waals surface area contributed by atoms with Crippen molar-refractivity contribution in [3.05, 3.63) is 130 Å². The zero-order valence-corrected chi connectivity index (χ0v) is 35.8. The van der Waals surface area contributed by atoms with Crippen LogP contribution in [0.5, 0.6) is 80.5 Å². The van der Waals surface area contributed by atoms with Gasteiger partial charge in [0.25, 0.3) is 0 Å². The Labute approximate surface area is 361 Å². The second kappa shape index (κ2) is 19.1. The van der Waals surface area contributed by atoms with Gasteiger partial charge in [0, 0.05) is 12.1 Å². The lowest BCUT2D eigenvalue weighted by Crippen LogP contribution is -2.00. The molecule has 6 aromatic carbocycles. The molecule has 0 unspecified atom stereocenters. The van der Waals surface area contributed by atoms with E-state index >= 15 is 0 Å². The van der Waals surface area contributed by atoms with Crippen LogP contribution in [0.25, 0.3) is 0 Å². The largest absolute Gasteiger partial charge is 0.497 e. The van der Waals surface area contributed by atoms with Gasteiger partial charge in [0.1, 0.15) is 23.0 Å². The van der Waals surface area contributed by atoms with Crippen molar-refractivity contribution >= 4 is 0 Å². The molecule has 0 amide bonds. The molecule has 8 rings (SSSR count). The van der Waals surface area contributed by atoms with Gasteiger partial charge in [-0.3, -0.25) is 0 Å². The highest BCUT2D eigenvalue weighted by Crippen LogP contribution is 2.49. The smallest absolute Gasteiger partial charge is 0.231 e. The normalized spacial score (nSPS) is 12.2. The molecule has 12 heteroatoms. The van der Waals surface area contributed by atoms with Crippen LogP contribution in [0.1, 0.15) is 33.4 Å². The Morgan fingerprint density at radius 1 is 0.355 bits per heavy atom. The van der Waals surface area contributed by atoms with E-state index in [1.807, 2.05) is 84.9 Å². The van der Waals surface area contributed by atoms with Crippen LogP contribution < -0.4 is 56.8 Å². The van der Waals surface area contributed by atoms with Gasteiger partial charge >= 0.3 is 0 Å². The SMILES string of the molecule is COc1cccc(CCc2cc(Oc3cc(CCc4cc5c(c(Oc6cc(CCc7cccc(OC)c7)c(OC)cc6OC)c4)OCO5)cc4c3OCO4)c(OC)cc2OC)c1. The first-order valence-electron chi connectivity index (χ1n) is 20.3. The van der Waals surface area contributed by atoms with Crippen molar-refractivity contribution in [1.82, 2.24) is 0 Å². The minimum Gasteiger partial charge on any atom is -0.497 e. The van der Waals surface area contributed by atoms with Crippen LogP contribution in [0.4, 0.5) is 0 Å². The highest BCUT2D eigenvalue weighted by molar-refractivity contribution is 5.61. The maximum Gasteiger partial charge on any atom is 0.231 e. The zero-order chi connectivity index (χ0) is 43.0. The van der Waals surface area contributed by atoms with Crippen molar-refractivity contribution in [2.75, 3.05) is 56.2 Å². The van der Waals surface area contributed by atoms with Gasteiger partial charge in [0.15, 0.2) is 46.0 Å². The summed E-state index contributed by atoms with van der Waals surface area (Å²) in [7, 11) is 9.85. The van der Waals surface area contributed by atoms with E-state index in [1.165, 1.54) is 0 Å². The monoisotopic (exact) mass is 842 g/mol. The molecule has 0 spiro atoms. The van der Waals surface area contributed by atoms with Gasteiger partial charge in [-0.25, -0.2) is 0 Å². The fourth-order valence-corrected chi connectivity index (χ4v) is 7.66. The first-order chi connectivity index (χ1) is 30.4. The molecule has 0 aliphatic carbocycles. The van der Waals surface area contributed by atoms with E-state index in [2.05, 4.69) is 12.1 Å². The van der Waals surface area contributed by atoms with E-state index in [0.717, 1.165) is 57.7 Å². The van der Waals surface area contributed by atoms with Gasteiger partial charge < -0.3 is 56.8 Å². The lowest BCUT2D eigenvalue weighted by atomic mass is 10.0.